The maximum atomic E-state index is 11.9. The first-order valence-corrected chi connectivity index (χ1v) is 6.35. The number of H-pyrrole nitrogens is 1. The largest absolute Gasteiger partial charge is 0.478 e. The summed E-state index contributed by atoms with van der Waals surface area (Å²) in [6.45, 7) is 0. The zero-order valence-corrected chi connectivity index (χ0v) is 11.7. The molecule has 0 unspecified atom stereocenters. The van der Waals surface area contributed by atoms with Crippen LogP contribution in [0, 0.1) is 11.3 Å². The second-order valence-corrected chi connectivity index (χ2v) is 4.64. The summed E-state index contributed by atoms with van der Waals surface area (Å²) in [5, 5.41) is 27.3. The Bertz CT molecular complexity index is 908. The Morgan fingerprint density at radius 2 is 1.87 bits per heavy atom. The van der Waals surface area contributed by atoms with Crippen LogP contribution in [0.2, 0.25) is 0 Å². The monoisotopic (exact) mass is 313 g/mol. The van der Waals surface area contributed by atoms with Gasteiger partial charge in [0.05, 0.1) is 12.5 Å². The van der Waals surface area contributed by atoms with Crippen molar-refractivity contribution in [2.24, 2.45) is 0 Å². The van der Waals surface area contributed by atoms with E-state index in [0.717, 1.165) is 0 Å². The molecule has 8 nitrogen and oxygen atoms in total. The van der Waals surface area contributed by atoms with Gasteiger partial charge in [0.2, 0.25) is 0 Å². The van der Waals surface area contributed by atoms with Crippen LogP contribution in [-0.2, 0) is 6.42 Å². The maximum Gasteiger partial charge on any atom is 0.342 e. The number of nitrogens with two attached hydrogens (primary N) is 1. The van der Waals surface area contributed by atoms with Crippen LogP contribution in [0.15, 0.2) is 29.1 Å². The van der Waals surface area contributed by atoms with Crippen molar-refractivity contribution in [3.8, 4) is 17.2 Å². The Kier molecular flexibility index (Phi) is 4.14. The first kappa shape index (κ1) is 15.8. The van der Waals surface area contributed by atoms with Crippen LogP contribution < -0.4 is 11.3 Å². The summed E-state index contributed by atoms with van der Waals surface area (Å²) in [6.07, 6.45) is 0.0529. The molecule has 5 N–H and O–H groups in total. The molecule has 0 aliphatic carbocycles. The third-order valence-electron chi connectivity index (χ3n) is 3.17. The lowest BCUT2D eigenvalue weighted by Gasteiger charge is -2.12. The van der Waals surface area contributed by atoms with Crippen LogP contribution in [-0.4, -0.2) is 27.1 Å². The summed E-state index contributed by atoms with van der Waals surface area (Å²) in [5.41, 5.74) is 3.78. The number of hydrogen-bond donors (Lipinski definition) is 4. The van der Waals surface area contributed by atoms with E-state index in [-0.39, 0.29) is 17.5 Å². The molecule has 0 saturated carbocycles. The van der Waals surface area contributed by atoms with Crippen LogP contribution in [0.1, 0.15) is 26.3 Å². The van der Waals surface area contributed by atoms with Gasteiger partial charge in [-0.3, -0.25) is 4.79 Å². The number of carbonyl (C=O) groups is 2. The molecule has 8 heteroatoms. The second-order valence-electron chi connectivity index (χ2n) is 4.64. The SMILES string of the molecule is N#CCc1cccc(-c2c(C(=O)O)c(N)[nH]c(=O)c2C(=O)O)c1. The van der Waals surface area contributed by atoms with Gasteiger partial charge in [-0.25, -0.2) is 9.59 Å². The highest BCUT2D eigenvalue weighted by Gasteiger charge is 2.26. The number of hydrogen-bond acceptors (Lipinski definition) is 5. The summed E-state index contributed by atoms with van der Waals surface area (Å²) in [5.74, 6) is -3.48. The van der Waals surface area contributed by atoms with Gasteiger partial charge in [0.15, 0.2) is 0 Å². The molecule has 0 spiro atoms. The molecule has 0 bridgehead atoms. The number of carboxylic acids is 2. The molecule has 1 heterocycles. The van der Waals surface area contributed by atoms with Gasteiger partial charge in [0.25, 0.3) is 5.56 Å². The van der Waals surface area contributed by atoms with E-state index in [1.807, 2.05) is 11.1 Å². The standard InChI is InChI=1S/C15H11N3O5/c16-5-4-7-2-1-3-8(6-7)9-10(14(20)21)12(17)18-13(19)11(9)15(22)23/h1-3,6H,4H2,(H,20,21)(H,22,23)(H3,17,18,19). The lowest BCUT2D eigenvalue weighted by Crippen LogP contribution is -2.24. The molecule has 0 radical (unpaired) electrons. The fourth-order valence-electron chi connectivity index (χ4n) is 2.26. The molecular weight excluding hydrogens is 302 g/mol. The number of pyridine rings is 1. The fraction of sp³-hybridized carbons (Fsp3) is 0.0667. The Morgan fingerprint density at radius 3 is 2.43 bits per heavy atom. The van der Waals surface area contributed by atoms with E-state index in [1.54, 1.807) is 6.07 Å². The number of aromatic amines is 1. The van der Waals surface area contributed by atoms with Gasteiger partial charge < -0.3 is 20.9 Å². The van der Waals surface area contributed by atoms with Crippen molar-refractivity contribution in [1.82, 2.24) is 4.98 Å². The number of carboxylic acid groups (broad SMARTS) is 2. The maximum absolute atomic E-state index is 11.9. The second kappa shape index (κ2) is 6.03. The van der Waals surface area contributed by atoms with Crippen LogP contribution in [0.4, 0.5) is 5.82 Å². The van der Waals surface area contributed by atoms with Gasteiger partial charge >= 0.3 is 11.9 Å². The van der Waals surface area contributed by atoms with E-state index in [9.17, 15) is 24.6 Å². The average Bonchev–Trinajstić information content (AvgIpc) is 2.46. The molecule has 0 aliphatic rings. The third kappa shape index (κ3) is 2.89. The highest BCUT2D eigenvalue weighted by atomic mass is 16.4. The quantitative estimate of drug-likeness (QED) is 0.657. The Morgan fingerprint density at radius 1 is 1.22 bits per heavy atom. The first-order valence-electron chi connectivity index (χ1n) is 6.35. The van der Waals surface area contributed by atoms with Crippen molar-refractivity contribution in [3.05, 3.63) is 51.3 Å². The predicted octanol–water partition coefficient (Wildman–Crippen LogP) is 1.09. The van der Waals surface area contributed by atoms with Crippen molar-refractivity contribution < 1.29 is 19.8 Å². The zero-order chi connectivity index (χ0) is 17.1. The van der Waals surface area contributed by atoms with Crippen molar-refractivity contribution >= 4 is 17.8 Å². The summed E-state index contributed by atoms with van der Waals surface area (Å²) < 4.78 is 0. The molecule has 2 aromatic rings. The summed E-state index contributed by atoms with van der Waals surface area (Å²) in [6, 6.07) is 8.01. The molecule has 0 amide bonds. The van der Waals surface area contributed by atoms with Crippen molar-refractivity contribution in [2.75, 3.05) is 5.73 Å². The highest BCUT2D eigenvalue weighted by Crippen LogP contribution is 2.29. The van der Waals surface area contributed by atoms with Crippen LogP contribution >= 0.6 is 0 Å². The normalized spacial score (nSPS) is 10.0. The summed E-state index contributed by atoms with van der Waals surface area (Å²) in [7, 11) is 0. The number of aromatic nitrogens is 1. The van der Waals surface area contributed by atoms with Gasteiger partial charge in [-0.1, -0.05) is 24.3 Å². The molecule has 0 fully saturated rings. The van der Waals surface area contributed by atoms with Crippen molar-refractivity contribution in [2.45, 2.75) is 6.42 Å². The lowest BCUT2D eigenvalue weighted by molar-refractivity contribution is 0.0695. The predicted molar refractivity (Wildman–Crippen MR) is 80.1 cm³/mol. The number of rotatable bonds is 4. The Labute approximate surface area is 129 Å². The summed E-state index contributed by atoms with van der Waals surface area (Å²) in [4.78, 5) is 36.8. The van der Waals surface area contributed by atoms with E-state index in [4.69, 9.17) is 11.0 Å². The molecule has 0 saturated heterocycles. The van der Waals surface area contributed by atoms with E-state index < -0.39 is 34.4 Å². The number of nitrogens with one attached hydrogen (secondary N) is 1. The van der Waals surface area contributed by atoms with E-state index >= 15 is 0 Å². The molecule has 0 atom stereocenters. The van der Waals surface area contributed by atoms with Gasteiger partial charge in [-0.15, -0.1) is 0 Å². The van der Waals surface area contributed by atoms with Crippen LogP contribution in [0.5, 0.6) is 0 Å². The van der Waals surface area contributed by atoms with E-state index in [2.05, 4.69) is 0 Å². The number of aromatic carboxylic acids is 2. The molecule has 2 rings (SSSR count). The van der Waals surface area contributed by atoms with E-state index in [1.165, 1.54) is 18.2 Å². The summed E-state index contributed by atoms with van der Waals surface area (Å²) >= 11 is 0. The van der Waals surface area contributed by atoms with Gasteiger partial charge in [0.1, 0.15) is 16.9 Å². The number of benzene rings is 1. The zero-order valence-electron chi connectivity index (χ0n) is 11.7. The van der Waals surface area contributed by atoms with E-state index in [0.29, 0.717) is 5.56 Å². The molecule has 1 aromatic carbocycles. The topological polar surface area (TPSA) is 157 Å². The molecule has 0 aliphatic heterocycles. The smallest absolute Gasteiger partial charge is 0.342 e. The minimum atomic E-state index is -1.57. The molecule has 116 valence electrons. The number of nitrogens with zero attached hydrogens (tertiary/aromatic N) is 1. The average molecular weight is 313 g/mol. The lowest BCUT2D eigenvalue weighted by atomic mass is 9.94. The minimum Gasteiger partial charge on any atom is -0.478 e. The van der Waals surface area contributed by atoms with Crippen LogP contribution in [0.3, 0.4) is 0 Å². The third-order valence-corrected chi connectivity index (χ3v) is 3.17. The molecule has 1 aromatic heterocycles. The van der Waals surface area contributed by atoms with Crippen molar-refractivity contribution in [1.29, 1.82) is 5.26 Å². The number of nitrogen functional groups attached to an aromatic ring is 1. The van der Waals surface area contributed by atoms with Gasteiger partial charge in [-0.05, 0) is 11.1 Å². The van der Waals surface area contributed by atoms with Gasteiger partial charge in [-0.2, -0.15) is 5.26 Å². The van der Waals surface area contributed by atoms with Crippen molar-refractivity contribution in [3.63, 3.8) is 0 Å². The Balaban J connectivity index is 2.91. The number of anilines is 1. The molecular formula is C15H11N3O5. The minimum absolute atomic E-state index is 0.0529. The molecule has 23 heavy (non-hydrogen) atoms. The number of nitriles is 1. The van der Waals surface area contributed by atoms with Gasteiger partial charge in [0, 0.05) is 5.56 Å². The highest BCUT2D eigenvalue weighted by molar-refractivity contribution is 6.07. The Hall–Kier alpha value is -3.60. The fourth-order valence-corrected chi connectivity index (χ4v) is 2.26. The first-order chi connectivity index (χ1) is 10.9. The van der Waals surface area contributed by atoms with Crippen LogP contribution in [0.25, 0.3) is 11.1 Å².